The van der Waals surface area contributed by atoms with Gasteiger partial charge in [0.15, 0.2) is 0 Å². The minimum Gasteiger partial charge on any atom is -0.497 e. The second-order valence-corrected chi connectivity index (χ2v) is 9.36. The van der Waals surface area contributed by atoms with Crippen molar-refractivity contribution in [3.8, 4) is 5.75 Å². The van der Waals surface area contributed by atoms with Crippen molar-refractivity contribution < 1.29 is 19.1 Å². The van der Waals surface area contributed by atoms with Crippen LogP contribution in [0.5, 0.6) is 5.75 Å². The van der Waals surface area contributed by atoms with Gasteiger partial charge in [-0.2, -0.15) is 0 Å². The Balaban J connectivity index is 1.58. The molecular formula is C24H24ClN3O4. The van der Waals surface area contributed by atoms with Gasteiger partial charge in [-0.1, -0.05) is 49.7 Å². The lowest BCUT2D eigenvalue weighted by molar-refractivity contribution is -0.143. The van der Waals surface area contributed by atoms with E-state index >= 15 is 0 Å². The van der Waals surface area contributed by atoms with Crippen molar-refractivity contribution >= 4 is 35.0 Å². The lowest BCUT2D eigenvalue weighted by Crippen LogP contribution is -2.53. The number of carbonyl (C=O) groups is 3. The molecule has 2 saturated heterocycles. The van der Waals surface area contributed by atoms with Gasteiger partial charge in [-0.3, -0.25) is 24.6 Å². The van der Waals surface area contributed by atoms with Crippen LogP contribution in [0, 0.1) is 17.8 Å². The molecule has 2 aromatic carbocycles. The van der Waals surface area contributed by atoms with Crippen LogP contribution in [0.15, 0.2) is 42.5 Å². The molecule has 7 nitrogen and oxygen atoms in total. The highest BCUT2D eigenvalue weighted by Gasteiger charge is 2.70. The first-order valence-corrected chi connectivity index (χ1v) is 11.0. The van der Waals surface area contributed by atoms with Crippen LogP contribution in [-0.4, -0.2) is 35.8 Å². The first-order chi connectivity index (χ1) is 15.3. The van der Waals surface area contributed by atoms with Gasteiger partial charge < -0.3 is 10.1 Å². The quantitative estimate of drug-likeness (QED) is 0.695. The predicted molar refractivity (Wildman–Crippen MR) is 119 cm³/mol. The molecule has 0 radical (unpaired) electrons. The van der Waals surface area contributed by atoms with E-state index in [9.17, 15) is 14.4 Å². The first-order valence-electron chi connectivity index (χ1n) is 10.7. The standard InChI is InChI=1S/C24H24ClN3O4/c1-12(2)19-17-18(24(27-19)15-5-4-6-16(25)20(15)26-23(24)31)22(30)28(21(17)29)11-13-7-9-14(32-3)10-8-13/h4-10,12,17-19,27H,11H2,1-3H3,(H,26,31). The first kappa shape index (κ1) is 21.0. The minimum absolute atomic E-state index is 0.0376. The molecule has 3 aliphatic rings. The fourth-order valence-electron chi connectivity index (χ4n) is 5.43. The molecule has 5 rings (SSSR count). The number of para-hydroxylation sites is 1. The molecule has 4 unspecified atom stereocenters. The number of benzene rings is 2. The molecule has 8 heteroatoms. The smallest absolute Gasteiger partial charge is 0.250 e. The number of fused-ring (bicyclic) bond motifs is 4. The van der Waals surface area contributed by atoms with E-state index in [1.807, 2.05) is 26.0 Å². The van der Waals surface area contributed by atoms with Crippen molar-refractivity contribution in [2.45, 2.75) is 32.0 Å². The van der Waals surface area contributed by atoms with E-state index < -0.39 is 17.4 Å². The van der Waals surface area contributed by atoms with Crippen LogP contribution in [0.2, 0.25) is 5.02 Å². The zero-order chi connectivity index (χ0) is 22.8. The molecular weight excluding hydrogens is 430 g/mol. The van der Waals surface area contributed by atoms with E-state index in [2.05, 4.69) is 10.6 Å². The van der Waals surface area contributed by atoms with Crippen LogP contribution in [0.1, 0.15) is 25.0 Å². The Bertz CT molecular complexity index is 1130. The third-order valence-electron chi connectivity index (χ3n) is 6.94. The van der Waals surface area contributed by atoms with Gasteiger partial charge >= 0.3 is 0 Å². The van der Waals surface area contributed by atoms with Crippen LogP contribution in [0.25, 0.3) is 0 Å². The number of ether oxygens (including phenoxy) is 1. The van der Waals surface area contributed by atoms with Crippen LogP contribution in [-0.2, 0) is 26.5 Å². The third kappa shape index (κ3) is 2.74. The van der Waals surface area contributed by atoms with Crippen molar-refractivity contribution in [2.75, 3.05) is 12.4 Å². The summed E-state index contributed by atoms with van der Waals surface area (Å²) in [7, 11) is 1.58. The highest BCUT2D eigenvalue weighted by atomic mass is 35.5. The molecule has 2 N–H and O–H groups in total. The molecule has 2 aromatic rings. The fraction of sp³-hybridized carbons (Fsp3) is 0.375. The maximum Gasteiger partial charge on any atom is 0.250 e. The van der Waals surface area contributed by atoms with Crippen LogP contribution < -0.4 is 15.4 Å². The summed E-state index contributed by atoms with van der Waals surface area (Å²) >= 11 is 6.35. The zero-order valence-corrected chi connectivity index (χ0v) is 18.8. The number of nitrogens with zero attached hydrogens (tertiary/aromatic N) is 1. The average molecular weight is 454 g/mol. The second-order valence-electron chi connectivity index (χ2n) is 8.95. The minimum atomic E-state index is -1.32. The zero-order valence-electron chi connectivity index (χ0n) is 18.0. The SMILES string of the molecule is COc1ccc(CN2C(=O)C3C(C(C)C)NC4(C(=O)Nc5c(Cl)cccc54)C3C2=O)cc1. The van der Waals surface area contributed by atoms with E-state index in [0.717, 1.165) is 5.56 Å². The summed E-state index contributed by atoms with van der Waals surface area (Å²) in [5.74, 6) is -1.65. The molecule has 3 amide bonds. The van der Waals surface area contributed by atoms with Crippen LogP contribution in [0.3, 0.4) is 0 Å². The number of carbonyl (C=O) groups excluding carboxylic acids is 3. The largest absolute Gasteiger partial charge is 0.497 e. The lowest BCUT2D eigenvalue weighted by atomic mass is 9.76. The number of nitrogens with one attached hydrogen (secondary N) is 2. The monoisotopic (exact) mass is 453 g/mol. The molecule has 0 saturated carbocycles. The molecule has 3 heterocycles. The molecule has 0 aliphatic carbocycles. The summed E-state index contributed by atoms with van der Waals surface area (Å²) in [6, 6.07) is 12.2. The number of imide groups is 1. The number of halogens is 1. The van der Waals surface area contributed by atoms with Gasteiger partial charge in [0.1, 0.15) is 11.3 Å². The molecule has 0 bridgehead atoms. The van der Waals surface area contributed by atoms with Gasteiger partial charge in [-0.25, -0.2) is 0 Å². The summed E-state index contributed by atoms with van der Waals surface area (Å²) in [5, 5.41) is 6.67. The van der Waals surface area contributed by atoms with Gasteiger partial charge in [-0.15, -0.1) is 0 Å². The molecule has 32 heavy (non-hydrogen) atoms. The van der Waals surface area contributed by atoms with E-state index in [0.29, 0.717) is 22.0 Å². The van der Waals surface area contributed by atoms with Crippen molar-refractivity contribution in [3.05, 3.63) is 58.6 Å². The van der Waals surface area contributed by atoms with Crippen LogP contribution in [0.4, 0.5) is 5.69 Å². The van der Waals surface area contributed by atoms with Crippen molar-refractivity contribution in [1.82, 2.24) is 10.2 Å². The van der Waals surface area contributed by atoms with Gasteiger partial charge in [-0.05, 0) is 29.7 Å². The molecule has 4 atom stereocenters. The van der Waals surface area contributed by atoms with Crippen molar-refractivity contribution in [3.63, 3.8) is 0 Å². The number of rotatable bonds is 4. The van der Waals surface area contributed by atoms with Crippen LogP contribution >= 0.6 is 11.6 Å². The molecule has 0 aromatic heterocycles. The summed E-state index contributed by atoms with van der Waals surface area (Å²) < 4.78 is 5.19. The highest BCUT2D eigenvalue weighted by Crippen LogP contribution is 2.55. The summed E-state index contributed by atoms with van der Waals surface area (Å²) in [6.07, 6.45) is 0. The number of anilines is 1. The Hall–Kier alpha value is -2.90. The second kappa shape index (κ2) is 7.32. The number of likely N-dealkylation sites (tertiary alicyclic amines) is 1. The molecule has 166 valence electrons. The molecule has 1 spiro atoms. The lowest BCUT2D eigenvalue weighted by Gasteiger charge is -2.30. The highest BCUT2D eigenvalue weighted by molar-refractivity contribution is 6.35. The van der Waals surface area contributed by atoms with E-state index in [1.54, 1.807) is 37.4 Å². The Morgan fingerprint density at radius 3 is 2.47 bits per heavy atom. The normalized spacial score (nSPS) is 28.5. The Labute approximate surface area is 191 Å². The number of hydrogen-bond donors (Lipinski definition) is 2. The topological polar surface area (TPSA) is 87.7 Å². The number of amides is 3. The van der Waals surface area contributed by atoms with Crippen molar-refractivity contribution in [1.29, 1.82) is 0 Å². The Morgan fingerprint density at radius 2 is 1.81 bits per heavy atom. The van der Waals surface area contributed by atoms with E-state index in [-0.39, 0.29) is 36.2 Å². The van der Waals surface area contributed by atoms with Crippen molar-refractivity contribution in [2.24, 2.45) is 17.8 Å². The van der Waals surface area contributed by atoms with E-state index in [4.69, 9.17) is 16.3 Å². The predicted octanol–water partition coefficient (Wildman–Crippen LogP) is 2.93. The van der Waals surface area contributed by atoms with E-state index in [1.165, 1.54) is 4.90 Å². The fourth-order valence-corrected chi connectivity index (χ4v) is 5.65. The average Bonchev–Trinajstić information content (AvgIpc) is 3.36. The van der Waals surface area contributed by atoms with Gasteiger partial charge in [0.2, 0.25) is 17.7 Å². The number of hydrogen-bond acceptors (Lipinski definition) is 5. The summed E-state index contributed by atoms with van der Waals surface area (Å²) in [5.41, 5.74) is 0.625. The third-order valence-corrected chi connectivity index (χ3v) is 7.26. The summed E-state index contributed by atoms with van der Waals surface area (Å²) in [4.78, 5) is 41.9. The van der Waals surface area contributed by atoms with Gasteiger partial charge in [0.25, 0.3) is 0 Å². The van der Waals surface area contributed by atoms with Gasteiger partial charge in [0, 0.05) is 11.6 Å². The Morgan fingerprint density at radius 1 is 1.09 bits per heavy atom. The maximum absolute atomic E-state index is 13.7. The molecule has 2 fully saturated rings. The Kier molecular flexibility index (Phi) is 4.80. The maximum atomic E-state index is 13.7. The molecule has 3 aliphatic heterocycles. The van der Waals surface area contributed by atoms with Gasteiger partial charge in [0.05, 0.1) is 36.2 Å². The number of methoxy groups -OCH3 is 1. The summed E-state index contributed by atoms with van der Waals surface area (Å²) in [6.45, 7) is 4.13.